The van der Waals surface area contributed by atoms with E-state index >= 15 is 0 Å². The van der Waals surface area contributed by atoms with Gasteiger partial charge in [-0.2, -0.15) is 5.10 Å². The molecule has 0 bridgehead atoms. The van der Waals surface area contributed by atoms with Crippen LogP contribution in [0.25, 0.3) is 0 Å². The summed E-state index contributed by atoms with van der Waals surface area (Å²) in [7, 11) is 1.53. The molecule has 8 heteroatoms. The number of hydrazone groups is 1. The number of carbonyl (C=O) groups excluding carboxylic acids is 1. The zero-order chi connectivity index (χ0) is 22.8. The number of thiocarbonyl (C=S) groups is 1. The Morgan fingerprint density at radius 1 is 0.969 bits per heavy atom. The first-order chi connectivity index (χ1) is 15.5. The summed E-state index contributed by atoms with van der Waals surface area (Å²) in [6, 6.07) is 22.4. The number of carbonyl (C=O) groups is 1. The van der Waals surface area contributed by atoms with Crippen LogP contribution in [0.4, 0.5) is 11.4 Å². The fourth-order valence-electron chi connectivity index (χ4n) is 2.71. The van der Waals surface area contributed by atoms with Crippen LogP contribution >= 0.6 is 12.2 Å². The van der Waals surface area contributed by atoms with Crippen molar-refractivity contribution in [2.24, 2.45) is 5.10 Å². The highest BCUT2D eigenvalue weighted by Gasteiger charge is 2.09. The number of nitrogens with one attached hydrogen (secondary N) is 3. The van der Waals surface area contributed by atoms with Gasteiger partial charge in [0.25, 0.3) is 5.91 Å². The van der Waals surface area contributed by atoms with Crippen molar-refractivity contribution in [1.82, 2.24) is 5.43 Å². The van der Waals surface area contributed by atoms with Crippen molar-refractivity contribution in [3.05, 3.63) is 83.9 Å². The molecule has 0 fully saturated rings. The van der Waals surface area contributed by atoms with E-state index in [1.54, 1.807) is 24.4 Å². The van der Waals surface area contributed by atoms with Crippen LogP contribution in [0.15, 0.2) is 77.9 Å². The zero-order valence-electron chi connectivity index (χ0n) is 17.8. The van der Waals surface area contributed by atoms with Crippen LogP contribution in [0.2, 0.25) is 0 Å². The highest BCUT2D eigenvalue weighted by Crippen LogP contribution is 2.27. The summed E-state index contributed by atoms with van der Waals surface area (Å²) in [5.41, 5.74) is 6.24. The highest BCUT2D eigenvalue weighted by molar-refractivity contribution is 7.80. The van der Waals surface area contributed by atoms with Gasteiger partial charge in [-0.25, -0.2) is 0 Å². The van der Waals surface area contributed by atoms with Crippen molar-refractivity contribution in [3.8, 4) is 11.5 Å². The van der Waals surface area contributed by atoms with Crippen molar-refractivity contribution < 1.29 is 14.3 Å². The smallest absolute Gasteiger partial charge is 0.262 e. The fraction of sp³-hybridized carbons (Fsp3) is 0.125. The Bertz CT molecular complexity index is 1090. The lowest BCUT2D eigenvalue weighted by Crippen LogP contribution is -2.23. The maximum atomic E-state index is 12.1. The molecule has 0 spiro atoms. The Morgan fingerprint density at radius 3 is 2.41 bits per heavy atom. The van der Waals surface area contributed by atoms with Crippen LogP contribution in [-0.4, -0.2) is 31.0 Å². The molecular weight excluding hydrogens is 424 g/mol. The molecule has 32 heavy (non-hydrogen) atoms. The Hall–Kier alpha value is -3.91. The molecule has 164 valence electrons. The number of nitrogens with zero attached hydrogens (tertiary/aromatic N) is 1. The van der Waals surface area contributed by atoms with Gasteiger partial charge in [0.2, 0.25) is 0 Å². The fourth-order valence-corrected chi connectivity index (χ4v) is 2.88. The Morgan fingerprint density at radius 2 is 1.69 bits per heavy atom. The number of benzene rings is 3. The van der Waals surface area contributed by atoms with Crippen LogP contribution in [-0.2, 0) is 4.79 Å². The van der Waals surface area contributed by atoms with Gasteiger partial charge >= 0.3 is 0 Å². The first-order valence-corrected chi connectivity index (χ1v) is 10.3. The van der Waals surface area contributed by atoms with E-state index < -0.39 is 0 Å². The molecule has 1 amide bonds. The van der Waals surface area contributed by atoms with Crippen molar-refractivity contribution in [1.29, 1.82) is 0 Å². The second-order valence-corrected chi connectivity index (χ2v) is 7.21. The molecule has 0 saturated carbocycles. The van der Waals surface area contributed by atoms with Gasteiger partial charge < -0.3 is 20.1 Å². The number of hydrogen-bond acceptors (Lipinski definition) is 5. The van der Waals surface area contributed by atoms with Crippen molar-refractivity contribution in [2.75, 3.05) is 24.4 Å². The van der Waals surface area contributed by atoms with E-state index in [9.17, 15) is 4.79 Å². The van der Waals surface area contributed by atoms with Gasteiger partial charge in [0.15, 0.2) is 23.2 Å². The Kier molecular flexibility index (Phi) is 8.16. The maximum Gasteiger partial charge on any atom is 0.262 e. The van der Waals surface area contributed by atoms with Crippen LogP contribution in [0.1, 0.15) is 11.1 Å². The second kappa shape index (κ2) is 11.5. The maximum absolute atomic E-state index is 12.1. The molecule has 3 aromatic carbocycles. The van der Waals surface area contributed by atoms with E-state index in [2.05, 4.69) is 21.2 Å². The molecule has 0 saturated heterocycles. The van der Waals surface area contributed by atoms with Gasteiger partial charge in [-0.1, -0.05) is 35.9 Å². The van der Waals surface area contributed by atoms with Crippen molar-refractivity contribution in [3.63, 3.8) is 0 Å². The van der Waals surface area contributed by atoms with E-state index in [1.165, 1.54) is 7.11 Å². The number of aryl methyl sites for hydroxylation is 1. The van der Waals surface area contributed by atoms with Crippen LogP contribution in [0.3, 0.4) is 0 Å². The van der Waals surface area contributed by atoms with Gasteiger partial charge in [0, 0.05) is 11.4 Å². The topological polar surface area (TPSA) is 84.0 Å². The number of rotatable bonds is 8. The summed E-state index contributed by atoms with van der Waals surface area (Å²) in [5.74, 6) is 0.685. The minimum absolute atomic E-state index is 0.140. The van der Waals surface area contributed by atoms with Crippen LogP contribution in [0.5, 0.6) is 11.5 Å². The molecule has 7 nitrogen and oxygen atoms in total. The molecule has 0 aliphatic rings. The lowest BCUT2D eigenvalue weighted by atomic mass is 10.2. The van der Waals surface area contributed by atoms with Gasteiger partial charge in [-0.05, 0) is 67.2 Å². The lowest BCUT2D eigenvalue weighted by molar-refractivity contribution is -0.118. The number of para-hydroxylation sites is 1. The van der Waals surface area contributed by atoms with Crippen LogP contribution < -0.4 is 25.5 Å². The summed E-state index contributed by atoms with van der Waals surface area (Å²) in [5, 5.41) is 10.3. The normalized spacial score (nSPS) is 10.4. The van der Waals surface area contributed by atoms with Gasteiger partial charge in [-0.15, -0.1) is 0 Å². The van der Waals surface area contributed by atoms with E-state index in [-0.39, 0.29) is 12.5 Å². The van der Waals surface area contributed by atoms with E-state index in [0.29, 0.717) is 16.6 Å². The molecule has 0 aliphatic carbocycles. The standard InChI is InChI=1S/C24H24N4O3S/c1-17-8-11-20(12-9-17)26-23(29)16-31-21-13-10-18(14-22(21)30-2)15-25-28-24(32)27-19-6-4-3-5-7-19/h3-15H,16H2,1-2H3,(H,26,29)(H2,27,28,32)/b25-15+. The predicted molar refractivity (Wildman–Crippen MR) is 132 cm³/mol. The molecule has 0 atom stereocenters. The minimum Gasteiger partial charge on any atom is -0.493 e. The summed E-state index contributed by atoms with van der Waals surface area (Å²) in [4.78, 5) is 12.1. The van der Waals surface area contributed by atoms with Crippen LogP contribution in [0, 0.1) is 6.92 Å². The highest BCUT2D eigenvalue weighted by atomic mass is 32.1. The van der Waals surface area contributed by atoms with E-state index in [1.807, 2.05) is 61.5 Å². The second-order valence-electron chi connectivity index (χ2n) is 6.80. The number of hydrogen-bond donors (Lipinski definition) is 3. The predicted octanol–water partition coefficient (Wildman–Crippen LogP) is 4.34. The molecule has 0 aromatic heterocycles. The van der Waals surface area contributed by atoms with Gasteiger partial charge in [0.1, 0.15) is 0 Å². The summed E-state index contributed by atoms with van der Waals surface area (Å²) < 4.78 is 11.0. The van der Waals surface area contributed by atoms with E-state index in [0.717, 1.165) is 22.5 Å². The SMILES string of the molecule is COc1cc(/C=N/NC(=S)Nc2ccccc2)ccc1OCC(=O)Nc1ccc(C)cc1. The lowest BCUT2D eigenvalue weighted by Gasteiger charge is -2.11. The van der Waals surface area contributed by atoms with Gasteiger partial charge in [0.05, 0.1) is 13.3 Å². The minimum atomic E-state index is -0.259. The largest absolute Gasteiger partial charge is 0.493 e. The average molecular weight is 449 g/mol. The third-order valence-corrected chi connectivity index (χ3v) is 4.49. The van der Waals surface area contributed by atoms with Crippen molar-refractivity contribution >= 4 is 40.8 Å². The molecule has 3 aromatic rings. The monoisotopic (exact) mass is 448 g/mol. The summed E-state index contributed by atoms with van der Waals surface area (Å²) in [6.07, 6.45) is 1.61. The number of methoxy groups -OCH3 is 1. The zero-order valence-corrected chi connectivity index (χ0v) is 18.6. The Balaban J connectivity index is 1.52. The molecule has 0 heterocycles. The molecule has 0 unspecified atom stereocenters. The Labute approximate surface area is 192 Å². The molecule has 3 rings (SSSR count). The third kappa shape index (κ3) is 7.10. The molecule has 0 radical (unpaired) electrons. The average Bonchev–Trinajstić information content (AvgIpc) is 2.80. The first kappa shape index (κ1) is 22.8. The van der Waals surface area contributed by atoms with Gasteiger partial charge in [-0.3, -0.25) is 10.2 Å². The third-order valence-electron chi connectivity index (χ3n) is 4.29. The van der Waals surface area contributed by atoms with E-state index in [4.69, 9.17) is 21.7 Å². The quantitative estimate of drug-likeness (QED) is 0.270. The first-order valence-electron chi connectivity index (χ1n) is 9.86. The van der Waals surface area contributed by atoms with Crippen molar-refractivity contribution in [2.45, 2.75) is 6.92 Å². The number of ether oxygens (including phenoxy) is 2. The molecular formula is C24H24N4O3S. The summed E-state index contributed by atoms with van der Waals surface area (Å²) in [6.45, 7) is 1.85. The summed E-state index contributed by atoms with van der Waals surface area (Å²) >= 11 is 5.21. The number of anilines is 2. The number of amides is 1. The molecule has 3 N–H and O–H groups in total. The molecule has 0 aliphatic heterocycles.